The van der Waals surface area contributed by atoms with Crippen molar-refractivity contribution in [3.8, 4) is 0 Å². The molecule has 1 aliphatic carbocycles. The summed E-state index contributed by atoms with van der Waals surface area (Å²) >= 11 is 0. The Morgan fingerprint density at radius 2 is 1.93 bits per heavy atom. The Bertz CT molecular complexity index is 196. The van der Waals surface area contributed by atoms with E-state index in [1.807, 2.05) is 0 Å². The summed E-state index contributed by atoms with van der Waals surface area (Å²) < 4.78 is 5.48. The minimum absolute atomic E-state index is 0.109. The Kier molecular flexibility index (Phi) is 4.15. The predicted octanol–water partition coefficient (Wildman–Crippen LogP) is 1.68. The molecular weight excluding hydrogens is 190 g/mol. The summed E-state index contributed by atoms with van der Waals surface area (Å²) in [6.07, 6.45) is 4.69. The van der Waals surface area contributed by atoms with Gasteiger partial charge >= 0.3 is 0 Å². The number of nitrogens with two attached hydrogens (primary N) is 1. The Morgan fingerprint density at radius 3 is 2.33 bits per heavy atom. The van der Waals surface area contributed by atoms with Gasteiger partial charge in [0.05, 0.1) is 11.7 Å². The van der Waals surface area contributed by atoms with E-state index in [9.17, 15) is 5.11 Å². The van der Waals surface area contributed by atoms with Crippen LogP contribution in [0, 0.1) is 5.41 Å². The summed E-state index contributed by atoms with van der Waals surface area (Å²) in [7, 11) is 1.75. The minimum atomic E-state index is -0.115. The lowest BCUT2D eigenvalue weighted by molar-refractivity contribution is -0.0396. The van der Waals surface area contributed by atoms with Gasteiger partial charge in [0, 0.05) is 7.11 Å². The summed E-state index contributed by atoms with van der Waals surface area (Å²) in [5.74, 6) is 0. The average molecular weight is 215 g/mol. The highest BCUT2D eigenvalue weighted by Crippen LogP contribution is 2.42. The molecule has 1 rings (SSSR count). The number of rotatable bonds is 4. The molecule has 0 aliphatic heterocycles. The van der Waals surface area contributed by atoms with Gasteiger partial charge in [-0.25, -0.2) is 0 Å². The largest absolute Gasteiger partial charge is 0.393 e. The Balaban J connectivity index is 2.61. The van der Waals surface area contributed by atoms with Crippen molar-refractivity contribution in [2.24, 2.45) is 11.1 Å². The number of hydrogen-bond donors (Lipinski definition) is 2. The van der Waals surface area contributed by atoms with Crippen LogP contribution in [-0.2, 0) is 4.74 Å². The molecule has 0 amide bonds. The second-order valence-electron chi connectivity index (χ2n) is 5.58. The van der Waals surface area contributed by atoms with Crippen molar-refractivity contribution in [2.75, 3.05) is 13.7 Å². The van der Waals surface area contributed by atoms with Gasteiger partial charge in [-0.3, -0.25) is 0 Å². The maximum Gasteiger partial charge on any atom is 0.0628 e. The SMILES string of the molecule is COC(C)(C)CC1(CN)CCC(O)CC1. The van der Waals surface area contributed by atoms with Gasteiger partial charge in [-0.05, 0) is 57.9 Å². The third-order valence-electron chi connectivity index (χ3n) is 3.80. The Labute approximate surface area is 93.0 Å². The zero-order chi connectivity index (χ0) is 11.5. The number of hydrogen-bond acceptors (Lipinski definition) is 3. The zero-order valence-electron chi connectivity index (χ0n) is 10.3. The molecule has 0 saturated heterocycles. The highest BCUT2D eigenvalue weighted by molar-refractivity contribution is 4.91. The third kappa shape index (κ3) is 3.44. The van der Waals surface area contributed by atoms with Crippen LogP contribution < -0.4 is 5.73 Å². The molecule has 90 valence electrons. The number of methoxy groups -OCH3 is 1. The van der Waals surface area contributed by atoms with Crippen molar-refractivity contribution in [3.63, 3.8) is 0 Å². The molecule has 0 aromatic rings. The van der Waals surface area contributed by atoms with Gasteiger partial charge in [-0.15, -0.1) is 0 Å². The minimum Gasteiger partial charge on any atom is -0.393 e. The van der Waals surface area contributed by atoms with Gasteiger partial charge in [-0.2, -0.15) is 0 Å². The van der Waals surface area contributed by atoms with Crippen molar-refractivity contribution in [3.05, 3.63) is 0 Å². The second kappa shape index (κ2) is 4.81. The van der Waals surface area contributed by atoms with Crippen LogP contribution in [0.1, 0.15) is 46.0 Å². The summed E-state index contributed by atoms with van der Waals surface area (Å²) in [6.45, 7) is 4.91. The quantitative estimate of drug-likeness (QED) is 0.750. The topological polar surface area (TPSA) is 55.5 Å². The highest BCUT2D eigenvalue weighted by Gasteiger charge is 2.38. The van der Waals surface area contributed by atoms with Crippen LogP contribution in [0.2, 0.25) is 0 Å². The summed E-state index contributed by atoms with van der Waals surface area (Å²) in [5, 5.41) is 9.52. The van der Waals surface area contributed by atoms with Crippen molar-refractivity contribution in [1.82, 2.24) is 0 Å². The molecule has 0 aromatic carbocycles. The van der Waals surface area contributed by atoms with Gasteiger partial charge in [0.1, 0.15) is 0 Å². The van der Waals surface area contributed by atoms with Gasteiger partial charge in [0.25, 0.3) is 0 Å². The fourth-order valence-corrected chi connectivity index (χ4v) is 2.64. The molecule has 1 fully saturated rings. The molecule has 0 atom stereocenters. The second-order valence-corrected chi connectivity index (χ2v) is 5.58. The van der Waals surface area contributed by atoms with Crippen LogP contribution in [-0.4, -0.2) is 30.5 Å². The van der Waals surface area contributed by atoms with Crippen molar-refractivity contribution >= 4 is 0 Å². The van der Waals surface area contributed by atoms with E-state index in [1.165, 1.54) is 0 Å². The van der Waals surface area contributed by atoms with Crippen LogP contribution >= 0.6 is 0 Å². The Hall–Kier alpha value is -0.120. The van der Waals surface area contributed by atoms with Gasteiger partial charge < -0.3 is 15.6 Å². The first kappa shape index (κ1) is 12.9. The number of aliphatic hydroxyl groups excluding tert-OH is 1. The lowest BCUT2D eigenvalue weighted by atomic mass is 9.68. The average Bonchev–Trinajstić information content (AvgIpc) is 2.22. The lowest BCUT2D eigenvalue weighted by Crippen LogP contribution is -2.42. The van der Waals surface area contributed by atoms with Crippen LogP contribution in [0.3, 0.4) is 0 Å². The number of aliphatic hydroxyl groups is 1. The molecule has 3 nitrogen and oxygen atoms in total. The lowest BCUT2D eigenvalue weighted by Gasteiger charge is -2.42. The first-order valence-electron chi connectivity index (χ1n) is 5.86. The molecular formula is C12H25NO2. The van der Waals surface area contributed by atoms with E-state index in [0.29, 0.717) is 6.54 Å². The molecule has 1 aliphatic rings. The first-order chi connectivity index (χ1) is 6.93. The molecule has 0 radical (unpaired) electrons. The molecule has 15 heavy (non-hydrogen) atoms. The van der Waals surface area contributed by atoms with Crippen LogP contribution in [0.5, 0.6) is 0 Å². The van der Waals surface area contributed by atoms with Crippen LogP contribution in [0.15, 0.2) is 0 Å². The molecule has 0 spiro atoms. The van der Waals surface area contributed by atoms with Crippen molar-refractivity contribution in [2.45, 2.75) is 57.7 Å². The molecule has 0 unspecified atom stereocenters. The molecule has 0 aromatic heterocycles. The summed E-state index contributed by atoms with van der Waals surface area (Å²) in [5.41, 5.74) is 5.98. The van der Waals surface area contributed by atoms with E-state index in [1.54, 1.807) is 7.11 Å². The predicted molar refractivity (Wildman–Crippen MR) is 61.7 cm³/mol. The normalized spacial score (nSPS) is 33.0. The highest BCUT2D eigenvalue weighted by atomic mass is 16.5. The molecule has 0 heterocycles. The van der Waals surface area contributed by atoms with Gasteiger partial charge in [0.15, 0.2) is 0 Å². The van der Waals surface area contributed by atoms with Crippen molar-refractivity contribution in [1.29, 1.82) is 0 Å². The maximum atomic E-state index is 9.52. The zero-order valence-corrected chi connectivity index (χ0v) is 10.3. The first-order valence-corrected chi connectivity index (χ1v) is 5.86. The van der Waals surface area contributed by atoms with E-state index in [0.717, 1.165) is 32.1 Å². The van der Waals surface area contributed by atoms with E-state index < -0.39 is 0 Å². The van der Waals surface area contributed by atoms with Crippen LogP contribution in [0.4, 0.5) is 0 Å². The number of ether oxygens (including phenoxy) is 1. The fraction of sp³-hybridized carbons (Fsp3) is 1.00. The van der Waals surface area contributed by atoms with E-state index in [-0.39, 0.29) is 17.1 Å². The smallest absolute Gasteiger partial charge is 0.0628 e. The Morgan fingerprint density at radius 1 is 1.40 bits per heavy atom. The van der Waals surface area contributed by atoms with Gasteiger partial charge in [0.2, 0.25) is 0 Å². The monoisotopic (exact) mass is 215 g/mol. The summed E-state index contributed by atoms with van der Waals surface area (Å²) in [6, 6.07) is 0. The maximum absolute atomic E-state index is 9.52. The fourth-order valence-electron chi connectivity index (χ4n) is 2.64. The molecule has 1 saturated carbocycles. The summed E-state index contributed by atoms with van der Waals surface area (Å²) in [4.78, 5) is 0. The molecule has 3 N–H and O–H groups in total. The van der Waals surface area contributed by atoms with Crippen molar-refractivity contribution < 1.29 is 9.84 Å². The molecule has 0 bridgehead atoms. The third-order valence-corrected chi connectivity index (χ3v) is 3.80. The van der Waals surface area contributed by atoms with E-state index in [2.05, 4.69) is 13.8 Å². The van der Waals surface area contributed by atoms with Crippen LogP contribution in [0.25, 0.3) is 0 Å². The van der Waals surface area contributed by atoms with E-state index in [4.69, 9.17) is 10.5 Å². The molecule has 3 heteroatoms. The van der Waals surface area contributed by atoms with E-state index >= 15 is 0 Å². The van der Waals surface area contributed by atoms with Gasteiger partial charge in [-0.1, -0.05) is 0 Å². The standard InChI is InChI=1S/C12H25NO2/c1-11(2,15-3)8-12(9-13)6-4-10(14)5-7-12/h10,14H,4-9,13H2,1-3H3.